The second-order valence-corrected chi connectivity index (χ2v) is 3.69. The van der Waals surface area contributed by atoms with E-state index in [2.05, 4.69) is 0 Å². The van der Waals surface area contributed by atoms with E-state index >= 15 is 0 Å². The summed E-state index contributed by atoms with van der Waals surface area (Å²) < 4.78 is 31.2. The summed E-state index contributed by atoms with van der Waals surface area (Å²) in [6, 6.07) is 2.20. The molecule has 0 aliphatic heterocycles. The Hall–Kier alpha value is -1.60. The van der Waals surface area contributed by atoms with E-state index in [9.17, 15) is 13.6 Å². The number of ether oxygens (including phenoxy) is 2. The molecule has 16 heavy (non-hydrogen) atoms. The Morgan fingerprint density at radius 2 is 2.00 bits per heavy atom. The zero-order valence-electron chi connectivity index (χ0n) is 8.55. The van der Waals surface area contributed by atoms with Crippen LogP contribution in [0.4, 0.5) is 0 Å². The fraction of sp³-hybridized carbons (Fsp3) is 0.222. The number of rotatable bonds is 4. The fourth-order valence-electron chi connectivity index (χ4n) is 1.19. The molecule has 0 aliphatic rings. The number of carbonyl (C=O) groups is 1. The molecule has 0 heterocycles. The number of benzene rings is 1. The van der Waals surface area contributed by atoms with E-state index in [0.29, 0.717) is 0 Å². The molecule has 1 rings (SSSR count). The smallest absolute Gasteiger partial charge is 0.339 e. The van der Waals surface area contributed by atoms with Crippen LogP contribution in [0.3, 0.4) is 0 Å². The van der Waals surface area contributed by atoms with Crippen LogP contribution in [-0.4, -0.2) is 34.1 Å². The molecule has 7 heteroatoms. The molecular formula is C9H9O6S-. The molecule has 0 saturated carbocycles. The van der Waals surface area contributed by atoms with Crippen molar-refractivity contribution >= 4 is 17.0 Å². The van der Waals surface area contributed by atoms with Crippen LogP contribution < -0.4 is 9.47 Å². The molecule has 1 N–H and O–H groups in total. The summed E-state index contributed by atoms with van der Waals surface area (Å²) in [4.78, 5) is 10.7. The van der Waals surface area contributed by atoms with Gasteiger partial charge in [-0.2, -0.15) is 0 Å². The van der Waals surface area contributed by atoms with Crippen molar-refractivity contribution in [3.05, 3.63) is 17.7 Å². The summed E-state index contributed by atoms with van der Waals surface area (Å²) in [7, 11) is 2.57. The SMILES string of the molecule is COc1cc(S(=O)[O-])cc(C(=O)O)c1OC. The Labute approximate surface area is 94.1 Å². The molecule has 0 bridgehead atoms. The van der Waals surface area contributed by atoms with Crippen molar-refractivity contribution in [1.29, 1.82) is 0 Å². The maximum Gasteiger partial charge on any atom is 0.339 e. The number of methoxy groups -OCH3 is 2. The van der Waals surface area contributed by atoms with E-state index in [1.807, 2.05) is 0 Å². The zero-order valence-corrected chi connectivity index (χ0v) is 9.37. The van der Waals surface area contributed by atoms with Crippen molar-refractivity contribution in [1.82, 2.24) is 0 Å². The maximum absolute atomic E-state index is 10.9. The van der Waals surface area contributed by atoms with Crippen molar-refractivity contribution in [2.45, 2.75) is 4.90 Å². The molecule has 0 aliphatic carbocycles. The number of aromatic carboxylic acids is 1. The van der Waals surface area contributed by atoms with Gasteiger partial charge in [-0.3, -0.25) is 4.21 Å². The van der Waals surface area contributed by atoms with Gasteiger partial charge >= 0.3 is 5.97 Å². The normalized spacial score (nSPS) is 11.9. The summed E-state index contributed by atoms with van der Waals surface area (Å²) in [6.45, 7) is 0. The summed E-state index contributed by atoms with van der Waals surface area (Å²) >= 11 is -2.53. The Balaban J connectivity index is 3.49. The van der Waals surface area contributed by atoms with Crippen molar-refractivity contribution in [3.8, 4) is 11.5 Å². The molecular weight excluding hydrogens is 236 g/mol. The van der Waals surface area contributed by atoms with Gasteiger partial charge in [0.1, 0.15) is 5.56 Å². The number of hydrogen-bond acceptors (Lipinski definition) is 5. The third-order valence-corrected chi connectivity index (χ3v) is 2.50. The topological polar surface area (TPSA) is 95.9 Å². The minimum atomic E-state index is -2.53. The standard InChI is InChI=1S/C9H10O6S/c1-14-7-4-5(16(12)13)3-6(9(10)11)8(7)15-2/h3-4H,1-2H3,(H,10,11)(H,12,13)/p-1. The second-order valence-electron chi connectivity index (χ2n) is 2.75. The first-order chi connectivity index (χ1) is 7.51. The molecule has 0 aromatic heterocycles. The van der Waals surface area contributed by atoms with Crippen LogP contribution in [0.2, 0.25) is 0 Å². The van der Waals surface area contributed by atoms with Gasteiger partial charge in [-0.05, 0) is 23.2 Å². The molecule has 0 amide bonds. The lowest BCUT2D eigenvalue weighted by Gasteiger charge is -2.13. The summed E-state index contributed by atoms with van der Waals surface area (Å²) in [5.41, 5.74) is -0.263. The maximum atomic E-state index is 10.9. The van der Waals surface area contributed by atoms with Crippen molar-refractivity contribution in [2.24, 2.45) is 0 Å². The lowest BCUT2D eigenvalue weighted by molar-refractivity contribution is 0.0692. The largest absolute Gasteiger partial charge is 0.768 e. The van der Waals surface area contributed by atoms with E-state index < -0.39 is 17.0 Å². The van der Waals surface area contributed by atoms with Gasteiger partial charge in [0.15, 0.2) is 11.5 Å². The van der Waals surface area contributed by atoms with E-state index in [1.54, 1.807) is 0 Å². The Morgan fingerprint density at radius 1 is 1.38 bits per heavy atom. The predicted octanol–water partition coefficient (Wildman–Crippen LogP) is 0.640. The molecule has 0 fully saturated rings. The van der Waals surface area contributed by atoms with Gasteiger partial charge < -0.3 is 19.1 Å². The van der Waals surface area contributed by atoms with Crippen LogP contribution in [0.5, 0.6) is 11.5 Å². The summed E-state index contributed by atoms with van der Waals surface area (Å²) in [5.74, 6) is -1.24. The van der Waals surface area contributed by atoms with E-state index in [-0.39, 0.29) is 22.0 Å². The van der Waals surface area contributed by atoms with Crippen LogP contribution in [0.1, 0.15) is 10.4 Å². The number of carboxylic acid groups (broad SMARTS) is 1. The van der Waals surface area contributed by atoms with Gasteiger partial charge in [-0.25, -0.2) is 4.79 Å². The Bertz CT molecular complexity index is 442. The summed E-state index contributed by atoms with van der Waals surface area (Å²) in [5, 5.41) is 8.89. The van der Waals surface area contributed by atoms with Crippen molar-refractivity contribution in [2.75, 3.05) is 14.2 Å². The quantitative estimate of drug-likeness (QED) is 0.782. The summed E-state index contributed by atoms with van der Waals surface area (Å²) in [6.07, 6.45) is 0. The van der Waals surface area contributed by atoms with Crippen LogP contribution in [-0.2, 0) is 11.1 Å². The van der Waals surface area contributed by atoms with E-state index in [4.69, 9.17) is 14.6 Å². The predicted molar refractivity (Wildman–Crippen MR) is 53.7 cm³/mol. The highest BCUT2D eigenvalue weighted by atomic mass is 32.2. The molecule has 6 nitrogen and oxygen atoms in total. The molecule has 1 atom stereocenters. The third kappa shape index (κ3) is 2.31. The van der Waals surface area contributed by atoms with Crippen molar-refractivity contribution < 1.29 is 28.1 Å². The molecule has 1 unspecified atom stereocenters. The lowest BCUT2D eigenvalue weighted by atomic mass is 10.2. The molecule has 0 spiro atoms. The highest BCUT2D eigenvalue weighted by Crippen LogP contribution is 2.33. The van der Waals surface area contributed by atoms with Crippen molar-refractivity contribution in [3.63, 3.8) is 0 Å². The average molecular weight is 245 g/mol. The first-order valence-electron chi connectivity index (χ1n) is 4.09. The monoisotopic (exact) mass is 245 g/mol. The highest BCUT2D eigenvalue weighted by Gasteiger charge is 2.17. The van der Waals surface area contributed by atoms with E-state index in [1.165, 1.54) is 20.3 Å². The van der Waals surface area contributed by atoms with Gasteiger partial charge in [0, 0.05) is 4.90 Å². The minimum Gasteiger partial charge on any atom is -0.768 e. The van der Waals surface area contributed by atoms with Gasteiger partial charge in [0.25, 0.3) is 0 Å². The molecule has 88 valence electrons. The lowest BCUT2D eigenvalue weighted by Crippen LogP contribution is -2.04. The Kier molecular flexibility index (Phi) is 3.86. The number of hydrogen-bond donors (Lipinski definition) is 1. The fourth-order valence-corrected chi connectivity index (χ4v) is 1.61. The van der Waals surface area contributed by atoms with E-state index in [0.717, 1.165) is 6.07 Å². The highest BCUT2D eigenvalue weighted by molar-refractivity contribution is 7.79. The Morgan fingerprint density at radius 3 is 2.38 bits per heavy atom. The number of carboxylic acids is 1. The molecule has 1 aromatic carbocycles. The molecule has 1 aromatic rings. The molecule has 0 saturated heterocycles. The van der Waals surface area contributed by atoms with Crippen LogP contribution in [0.15, 0.2) is 17.0 Å². The van der Waals surface area contributed by atoms with Crippen LogP contribution in [0.25, 0.3) is 0 Å². The van der Waals surface area contributed by atoms with Gasteiger partial charge in [-0.1, -0.05) is 0 Å². The van der Waals surface area contributed by atoms with Gasteiger partial charge in [-0.15, -0.1) is 0 Å². The molecule has 0 radical (unpaired) electrons. The van der Waals surface area contributed by atoms with Gasteiger partial charge in [0.05, 0.1) is 14.2 Å². The van der Waals surface area contributed by atoms with Crippen LogP contribution in [0, 0.1) is 0 Å². The zero-order chi connectivity index (χ0) is 12.3. The third-order valence-electron chi connectivity index (χ3n) is 1.88. The second kappa shape index (κ2) is 4.95. The first-order valence-corrected chi connectivity index (χ1v) is 5.17. The van der Waals surface area contributed by atoms with Crippen LogP contribution >= 0.6 is 0 Å². The average Bonchev–Trinajstić information content (AvgIpc) is 2.26. The minimum absolute atomic E-state index is 0.01000. The van der Waals surface area contributed by atoms with Gasteiger partial charge in [0.2, 0.25) is 0 Å². The first kappa shape index (κ1) is 12.5.